The largest absolute Gasteiger partial charge is 0.344 e. The molecule has 2 N–H and O–H groups in total. The molecule has 1 unspecified atom stereocenters. The Kier molecular flexibility index (Phi) is 5.94. The number of carbonyl (C=O) groups is 2. The van der Waals surface area contributed by atoms with Gasteiger partial charge in [-0.05, 0) is 60.9 Å². The molecule has 0 saturated carbocycles. The van der Waals surface area contributed by atoms with Gasteiger partial charge in [-0.1, -0.05) is 48.0 Å². The normalized spacial score (nSPS) is 14.2. The van der Waals surface area contributed by atoms with Gasteiger partial charge in [0.2, 0.25) is 0 Å². The fraction of sp³-hybridized carbons (Fsp3) is 0.333. The van der Waals surface area contributed by atoms with Crippen molar-refractivity contribution in [1.29, 1.82) is 0 Å². The Hall–Kier alpha value is -2.33. The fourth-order valence-corrected chi connectivity index (χ4v) is 3.47. The maximum absolute atomic E-state index is 12.2. The van der Waals surface area contributed by atoms with E-state index in [2.05, 4.69) is 22.8 Å². The molecular formula is C21H23ClN2O2. The third-order valence-electron chi connectivity index (χ3n) is 4.82. The van der Waals surface area contributed by atoms with Gasteiger partial charge in [-0.25, -0.2) is 0 Å². The van der Waals surface area contributed by atoms with E-state index in [0.717, 1.165) is 24.0 Å². The van der Waals surface area contributed by atoms with E-state index in [-0.39, 0.29) is 12.6 Å². The molecule has 0 aromatic heterocycles. The van der Waals surface area contributed by atoms with Crippen LogP contribution in [0.15, 0.2) is 42.5 Å². The standard InChI is InChI=1S/C21H23ClN2O2/c1-14(16-11-10-15-6-2-3-7-17(15)12-16)24-21(26)20(25)23-13-18-8-4-5-9-19(18)22/h4-5,8-12,14H,2-3,6-7,13H2,1H3,(H,23,25)(H,24,26). The Morgan fingerprint density at radius 1 is 1.04 bits per heavy atom. The lowest BCUT2D eigenvalue weighted by Crippen LogP contribution is -2.40. The topological polar surface area (TPSA) is 58.2 Å². The second-order valence-corrected chi connectivity index (χ2v) is 7.11. The van der Waals surface area contributed by atoms with Crippen molar-refractivity contribution in [2.75, 3.05) is 0 Å². The first-order valence-corrected chi connectivity index (χ1v) is 9.36. The first-order chi connectivity index (χ1) is 12.5. The third kappa shape index (κ3) is 4.44. The second-order valence-electron chi connectivity index (χ2n) is 6.70. The molecule has 2 aromatic carbocycles. The van der Waals surface area contributed by atoms with E-state index in [0.29, 0.717) is 5.02 Å². The van der Waals surface area contributed by atoms with Crippen LogP contribution >= 0.6 is 11.6 Å². The van der Waals surface area contributed by atoms with E-state index < -0.39 is 11.8 Å². The fourth-order valence-electron chi connectivity index (χ4n) is 3.27. The van der Waals surface area contributed by atoms with Crippen LogP contribution in [0.1, 0.15) is 48.1 Å². The highest BCUT2D eigenvalue weighted by atomic mass is 35.5. The lowest BCUT2D eigenvalue weighted by atomic mass is 9.89. The molecular weight excluding hydrogens is 348 g/mol. The van der Waals surface area contributed by atoms with Crippen molar-refractivity contribution in [3.63, 3.8) is 0 Å². The van der Waals surface area contributed by atoms with Crippen LogP contribution in [-0.2, 0) is 29.0 Å². The molecule has 1 aliphatic carbocycles. The summed E-state index contributed by atoms with van der Waals surface area (Å²) in [4.78, 5) is 24.2. The van der Waals surface area contributed by atoms with Crippen molar-refractivity contribution in [3.05, 3.63) is 69.7 Å². The summed E-state index contributed by atoms with van der Waals surface area (Å²) in [6, 6.07) is 13.3. The van der Waals surface area contributed by atoms with E-state index in [4.69, 9.17) is 11.6 Å². The van der Waals surface area contributed by atoms with Crippen LogP contribution in [0.3, 0.4) is 0 Å². The van der Waals surface area contributed by atoms with E-state index in [9.17, 15) is 9.59 Å². The minimum atomic E-state index is -0.658. The highest BCUT2D eigenvalue weighted by Crippen LogP contribution is 2.24. The zero-order chi connectivity index (χ0) is 18.5. The summed E-state index contributed by atoms with van der Waals surface area (Å²) in [7, 11) is 0. The Bertz CT molecular complexity index is 819. The molecule has 136 valence electrons. The number of halogens is 1. The van der Waals surface area contributed by atoms with Gasteiger partial charge >= 0.3 is 11.8 Å². The predicted octanol–water partition coefficient (Wildman–Crippen LogP) is 3.71. The molecule has 26 heavy (non-hydrogen) atoms. The maximum atomic E-state index is 12.2. The molecule has 0 bridgehead atoms. The van der Waals surface area contributed by atoms with E-state index >= 15 is 0 Å². The lowest BCUT2D eigenvalue weighted by molar-refractivity contribution is -0.139. The first-order valence-electron chi connectivity index (χ1n) is 8.98. The van der Waals surface area contributed by atoms with Crippen molar-refractivity contribution >= 4 is 23.4 Å². The van der Waals surface area contributed by atoms with Gasteiger partial charge in [-0.15, -0.1) is 0 Å². The Morgan fingerprint density at radius 3 is 2.54 bits per heavy atom. The van der Waals surface area contributed by atoms with Crippen LogP contribution in [0.5, 0.6) is 0 Å². The highest BCUT2D eigenvalue weighted by Gasteiger charge is 2.18. The van der Waals surface area contributed by atoms with Crippen LogP contribution in [0, 0.1) is 0 Å². The van der Waals surface area contributed by atoms with E-state index in [1.165, 1.54) is 24.0 Å². The molecule has 1 aliphatic rings. The van der Waals surface area contributed by atoms with Crippen LogP contribution < -0.4 is 10.6 Å². The second kappa shape index (κ2) is 8.37. The number of amides is 2. The SMILES string of the molecule is CC(NC(=O)C(=O)NCc1ccccc1Cl)c1ccc2c(c1)CCCC2. The van der Waals surface area contributed by atoms with Gasteiger partial charge < -0.3 is 10.6 Å². The summed E-state index contributed by atoms with van der Waals surface area (Å²) < 4.78 is 0. The van der Waals surface area contributed by atoms with Gasteiger partial charge in [0.05, 0.1) is 6.04 Å². The smallest absolute Gasteiger partial charge is 0.309 e. The number of fused-ring (bicyclic) bond motifs is 1. The van der Waals surface area contributed by atoms with Gasteiger partial charge in [-0.2, -0.15) is 0 Å². The number of rotatable bonds is 4. The highest BCUT2D eigenvalue weighted by molar-refractivity contribution is 6.35. The molecule has 1 atom stereocenters. The maximum Gasteiger partial charge on any atom is 0.309 e. The predicted molar refractivity (Wildman–Crippen MR) is 103 cm³/mol. The third-order valence-corrected chi connectivity index (χ3v) is 5.19. The number of hydrogen-bond donors (Lipinski definition) is 2. The molecule has 0 aliphatic heterocycles. The van der Waals surface area contributed by atoms with Crippen molar-refractivity contribution in [1.82, 2.24) is 10.6 Å². The minimum Gasteiger partial charge on any atom is -0.344 e. The monoisotopic (exact) mass is 370 g/mol. The van der Waals surface area contributed by atoms with E-state index in [1.807, 2.05) is 31.2 Å². The van der Waals surface area contributed by atoms with Crippen LogP contribution in [0.25, 0.3) is 0 Å². The van der Waals surface area contributed by atoms with Crippen molar-refractivity contribution in [2.24, 2.45) is 0 Å². The summed E-state index contributed by atoms with van der Waals surface area (Å²) in [5, 5.41) is 5.95. The quantitative estimate of drug-likeness (QED) is 0.806. The number of carbonyl (C=O) groups excluding carboxylic acids is 2. The van der Waals surface area contributed by atoms with Gasteiger partial charge in [0.25, 0.3) is 0 Å². The zero-order valence-electron chi connectivity index (χ0n) is 14.8. The number of benzene rings is 2. The lowest BCUT2D eigenvalue weighted by Gasteiger charge is -2.20. The summed E-state index contributed by atoms with van der Waals surface area (Å²) in [5.41, 5.74) is 4.56. The van der Waals surface area contributed by atoms with Crippen molar-refractivity contribution in [2.45, 2.75) is 45.2 Å². The van der Waals surface area contributed by atoms with Crippen molar-refractivity contribution in [3.8, 4) is 0 Å². The molecule has 0 fully saturated rings. The molecule has 3 rings (SSSR count). The summed E-state index contributed by atoms with van der Waals surface area (Å²) in [5.74, 6) is -1.29. The van der Waals surface area contributed by atoms with Crippen LogP contribution in [0.4, 0.5) is 0 Å². The molecule has 2 amide bonds. The first kappa shape index (κ1) is 18.5. The summed E-state index contributed by atoms with van der Waals surface area (Å²) in [6.07, 6.45) is 4.66. The molecule has 5 heteroatoms. The minimum absolute atomic E-state index is 0.221. The van der Waals surface area contributed by atoms with Gasteiger partial charge in [0.1, 0.15) is 0 Å². The summed E-state index contributed by atoms with van der Waals surface area (Å²) in [6.45, 7) is 2.11. The molecule has 0 saturated heterocycles. The van der Waals surface area contributed by atoms with E-state index in [1.54, 1.807) is 6.07 Å². The molecule has 4 nitrogen and oxygen atoms in total. The Labute approximate surface area is 158 Å². The Balaban J connectivity index is 1.56. The number of hydrogen-bond acceptors (Lipinski definition) is 2. The zero-order valence-corrected chi connectivity index (χ0v) is 15.6. The van der Waals surface area contributed by atoms with Gasteiger partial charge in [0, 0.05) is 11.6 Å². The summed E-state index contributed by atoms with van der Waals surface area (Å²) >= 11 is 6.06. The molecule has 0 radical (unpaired) electrons. The molecule has 2 aromatic rings. The van der Waals surface area contributed by atoms with Gasteiger partial charge in [0.15, 0.2) is 0 Å². The Morgan fingerprint density at radius 2 is 1.77 bits per heavy atom. The van der Waals surface area contributed by atoms with Crippen LogP contribution in [0.2, 0.25) is 5.02 Å². The number of nitrogens with one attached hydrogen (secondary N) is 2. The average molecular weight is 371 g/mol. The van der Waals surface area contributed by atoms with Gasteiger partial charge in [-0.3, -0.25) is 9.59 Å². The molecule has 0 heterocycles. The van der Waals surface area contributed by atoms with Crippen molar-refractivity contribution < 1.29 is 9.59 Å². The van der Waals surface area contributed by atoms with Crippen LogP contribution in [-0.4, -0.2) is 11.8 Å². The molecule has 0 spiro atoms. The average Bonchev–Trinajstić information content (AvgIpc) is 2.66. The number of aryl methyl sites for hydroxylation is 2.